The van der Waals surface area contributed by atoms with Crippen LogP contribution in [0.2, 0.25) is 0 Å². The summed E-state index contributed by atoms with van der Waals surface area (Å²) >= 11 is 0. The highest BCUT2D eigenvalue weighted by molar-refractivity contribution is 7.90. The van der Waals surface area contributed by atoms with Gasteiger partial charge in [0.15, 0.2) is 0 Å². The standard InChI is InChI=1S/C24H24F3N3O2S.C23H24FN3O2S.C23H25N3O2S/c1-29-11-8-16(9-12-29)21-15-30(23-7-5-18(13-20(21)23)24(25,26)27)33(31,32)19-6-4-17-3-2-10-28-22(17)14-19;1-26-11-8-16(9-12-26)21-15-27(23-7-5-18(24)13-20(21)23)30(28,29)19-6-4-17-3-2-10-25-22(17)14-19;1-25-13-10-17(11-14-25)21-16-26(23-7-3-2-6-20(21)23)29(27,28)19-9-8-18-5-4-12-24-22(18)15-19/h4-8,13-15,28H,2-3,9-12H2,1H3;4-8,13-15,25H,2-3,9-12H2,1H3;2-3,6-10,15-16,24H,4-5,11-14H2,1H3. The molecule has 6 aliphatic rings. The van der Waals surface area contributed by atoms with E-state index in [1.807, 2.05) is 68.8 Å². The molecule has 480 valence electrons. The molecule has 15 rings (SSSR count). The first-order chi connectivity index (χ1) is 44.1. The first kappa shape index (κ1) is 62.8. The highest BCUT2D eigenvalue weighted by Gasteiger charge is 2.34. The summed E-state index contributed by atoms with van der Waals surface area (Å²) in [6, 6.07) is 31.1. The van der Waals surface area contributed by atoms with Gasteiger partial charge in [0, 0.05) is 127 Å². The number of alkyl halides is 3. The molecule has 0 amide bonds. The number of fused-ring (bicyclic) bond motifs is 6. The van der Waals surface area contributed by atoms with Crippen molar-refractivity contribution >= 4 is 96.6 Å². The zero-order valence-corrected chi connectivity index (χ0v) is 54.0. The molecule has 0 unspecified atom stereocenters. The zero-order chi connectivity index (χ0) is 64.3. The topological polar surface area (TPSA) is 163 Å². The Morgan fingerprint density at radius 2 is 0.783 bits per heavy atom. The average molecular weight is 1310 g/mol. The molecule has 3 aromatic heterocycles. The van der Waals surface area contributed by atoms with Crippen molar-refractivity contribution in [2.45, 2.75) is 78.7 Å². The average Bonchev–Trinajstić information content (AvgIpc) is 1.59. The van der Waals surface area contributed by atoms with Crippen LogP contribution in [0.4, 0.5) is 34.6 Å². The van der Waals surface area contributed by atoms with Crippen LogP contribution in [-0.4, -0.2) is 132 Å². The molecule has 0 bridgehead atoms. The first-order valence-electron chi connectivity index (χ1n) is 31.3. The minimum absolute atomic E-state index is 0.108. The second kappa shape index (κ2) is 25.1. The van der Waals surface area contributed by atoms with Gasteiger partial charge in [-0.15, -0.1) is 0 Å². The van der Waals surface area contributed by atoms with E-state index in [-0.39, 0.29) is 21.1 Å². The first-order valence-corrected chi connectivity index (χ1v) is 35.6. The highest BCUT2D eigenvalue weighted by Crippen LogP contribution is 2.41. The van der Waals surface area contributed by atoms with Crippen LogP contribution in [0.1, 0.15) is 77.5 Å². The van der Waals surface area contributed by atoms with Crippen LogP contribution in [0.25, 0.3) is 49.4 Å². The molecule has 0 atom stereocenters. The van der Waals surface area contributed by atoms with Crippen molar-refractivity contribution in [3.05, 3.63) is 197 Å². The summed E-state index contributed by atoms with van der Waals surface area (Å²) in [6.07, 6.45) is 15.0. The fourth-order valence-corrected chi connectivity index (χ4v) is 17.4. The van der Waals surface area contributed by atoms with Crippen LogP contribution in [0.3, 0.4) is 0 Å². The van der Waals surface area contributed by atoms with E-state index < -0.39 is 41.8 Å². The summed E-state index contributed by atoms with van der Waals surface area (Å²) < 4.78 is 140. The van der Waals surface area contributed by atoms with Crippen LogP contribution < -0.4 is 16.0 Å². The van der Waals surface area contributed by atoms with Gasteiger partial charge in [0.25, 0.3) is 30.1 Å². The molecule has 0 aliphatic carbocycles. The minimum atomic E-state index is -4.52. The quantitative estimate of drug-likeness (QED) is 0.117. The van der Waals surface area contributed by atoms with Gasteiger partial charge in [-0.3, -0.25) is 0 Å². The summed E-state index contributed by atoms with van der Waals surface area (Å²) in [6.45, 7) is 7.45. The Hall–Kier alpha value is -7.99. The van der Waals surface area contributed by atoms with E-state index >= 15 is 0 Å². The number of hydrogen-bond donors (Lipinski definition) is 3. The smallest absolute Gasteiger partial charge is 0.385 e. The number of para-hydroxylation sites is 1. The van der Waals surface area contributed by atoms with Crippen LogP contribution in [-0.2, 0) is 55.5 Å². The van der Waals surface area contributed by atoms with Gasteiger partial charge >= 0.3 is 6.18 Å². The summed E-state index contributed by atoms with van der Waals surface area (Å²) in [4.78, 5) is 7.23. The zero-order valence-electron chi connectivity index (χ0n) is 51.5. The fourth-order valence-electron chi connectivity index (χ4n) is 13.3. The van der Waals surface area contributed by atoms with Gasteiger partial charge in [-0.1, -0.05) is 54.6 Å². The number of likely N-dealkylation sites (N-methyl/N-ethyl adjacent to an activating group) is 3. The Balaban J connectivity index is 0.000000126. The van der Waals surface area contributed by atoms with E-state index in [0.717, 1.165) is 181 Å². The maximum Gasteiger partial charge on any atom is 0.416 e. The van der Waals surface area contributed by atoms with E-state index in [0.29, 0.717) is 39.7 Å². The third kappa shape index (κ3) is 12.3. The molecule has 0 fully saturated rings. The van der Waals surface area contributed by atoms with Crippen molar-refractivity contribution in [2.24, 2.45) is 0 Å². The number of halogens is 4. The van der Waals surface area contributed by atoms with Crippen molar-refractivity contribution < 1.29 is 42.8 Å². The van der Waals surface area contributed by atoms with Crippen molar-refractivity contribution in [1.29, 1.82) is 0 Å². The Bertz CT molecular complexity index is 4840. The second-order valence-corrected chi connectivity index (χ2v) is 30.2. The number of nitrogens with zero attached hydrogens (tertiary/aromatic N) is 6. The number of rotatable bonds is 9. The maximum atomic E-state index is 14.1. The number of aryl methyl sites for hydroxylation is 3. The monoisotopic (exact) mass is 1310 g/mol. The lowest BCUT2D eigenvalue weighted by molar-refractivity contribution is -0.137. The van der Waals surface area contributed by atoms with Gasteiger partial charge in [-0.05, 0) is 191 Å². The lowest BCUT2D eigenvalue weighted by Gasteiger charge is -2.21. The molecular weight excluding hydrogens is 1240 g/mol. The largest absolute Gasteiger partial charge is 0.416 e. The molecule has 15 nitrogen and oxygen atoms in total. The number of benzene rings is 6. The lowest BCUT2D eigenvalue weighted by Crippen LogP contribution is -2.23. The molecule has 0 saturated carbocycles. The Kier molecular flexibility index (Phi) is 17.2. The second-order valence-electron chi connectivity index (χ2n) is 24.7. The summed E-state index contributed by atoms with van der Waals surface area (Å²) in [7, 11) is -5.42. The van der Waals surface area contributed by atoms with Gasteiger partial charge in [-0.25, -0.2) is 41.6 Å². The van der Waals surface area contributed by atoms with E-state index in [1.54, 1.807) is 48.7 Å². The lowest BCUT2D eigenvalue weighted by atomic mass is 9.98. The maximum absolute atomic E-state index is 14.1. The van der Waals surface area contributed by atoms with Crippen LogP contribution >= 0.6 is 0 Å². The summed E-state index contributed by atoms with van der Waals surface area (Å²) in [5.41, 5.74) is 12.1. The van der Waals surface area contributed by atoms with Gasteiger partial charge in [0.1, 0.15) is 5.82 Å². The van der Waals surface area contributed by atoms with E-state index in [2.05, 4.69) is 49.8 Å². The minimum Gasteiger partial charge on any atom is -0.385 e. The molecule has 9 heterocycles. The van der Waals surface area contributed by atoms with Gasteiger partial charge in [-0.2, -0.15) is 13.2 Å². The van der Waals surface area contributed by atoms with Crippen molar-refractivity contribution in [1.82, 2.24) is 26.6 Å². The molecule has 3 N–H and O–H groups in total. The Labute approximate surface area is 534 Å². The Morgan fingerprint density at radius 1 is 0.413 bits per heavy atom. The molecule has 0 spiro atoms. The molecular formula is C70H73F4N9O6S3. The molecule has 6 aliphatic heterocycles. The van der Waals surface area contributed by atoms with Crippen LogP contribution in [0.5, 0.6) is 0 Å². The van der Waals surface area contributed by atoms with Crippen molar-refractivity contribution in [2.75, 3.05) is 96.0 Å². The van der Waals surface area contributed by atoms with E-state index in [1.165, 1.54) is 43.5 Å². The normalized spacial score (nSPS) is 17.5. The number of aromatic nitrogens is 3. The molecule has 0 radical (unpaired) electrons. The van der Waals surface area contributed by atoms with Crippen molar-refractivity contribution in [3.8, 4) is 0 Å². The number of nitrogens with one attached hydrogen (secondary N) is 3. The van der Waals surface area contributed by atoms with Crippen LogP contribution in [0, 0.1) is 5.82 Å². The summed E-state index contributed by atoms with van der Waals surface area (Å²) in [5, 5.41) is 11.8. The van der Waals surface area contributed by atoms with E-state index in [4.69, 9.17) is 0 Å². The summed E-state index contributed by atoms with van der Waals surface area (Å²) in [5.74, 6) is -0.370. The highest BCUT2D eigenvalue weighted by atomic mass is 32.2. The third-order valence-electron chi connectivity index (χ3n) is 18.5. The molecule has 9 aromatic rings. The predicted molar refractivity (Wildman–Crippen MR) is 359 cm³/mol. The van der Waals surface area contributed by atoms with Gasteiger partial charge < -0.3 is 30.7 Å². The van der Waals surface area contributed by atoms with Crippen LogP contribution in [0.15, 0.2) is 167 Å². The van der Waals surface area contributed by atoms with E-state index in [9.17, 15) is 42.8 Å². The molecule has 0 saturated heterocycles. The Morgan fingerprint density at radius 3 is 1.17 bits per heavy atom. The number of hydrogen-bond acceptors (Lipinski definition) is 12. The fraction of sp³-hybridized carbons (Fsp3) is 0.314. The number of anilines is 3. The molecule has 22 heteroatoms. The third-order valence-corrected chi connectivity index (χ3v) is 23.5. The SMILES string of the molecule is CN1CC=C(c2cn(S(=O)(=O)c3ccc4c(c3)NCCC4)c3ccc(C(F)(F)F)cc23)CC1.CN1CC=C(c2cn(S(=O)(=O)c3ccc4c(c3)NCCC4)c3ccc(F)cc23)CC1.CN1CC=C(c2cn(S(=O)(=O)c3ccc4c(c3)NCCC4)c3ccccc23)CC1. The molecule has 6 aromatic carbocycles. The molecule has 92 heavy (non-hydrogen) atoms. The predicted octanol–water partition coefficient (Wildman–Crippen LogP) is 13.0. The van der Waals surface area contributed by atoms with Gasteiger partial charge in [0.2, 0.25) is 0 Å². The van der Waals surface area contributed by atoms with Crippen molar-refractivity contribution in [3.63, 3.8) is 0 Å². The van der Waals surface area contributed by atoms with Gasteiger partial charge in [0.05, 0.1) is 36.8 Å².